The monoisotopic (exact) mass is 286 g/mol. The van der Waals surface area contributed by atoms with Gasteiger partial charge in [0.15, 0.2) is 0 Å². The minimum atomic E-state index is -0.436. The molecule has 1 N–H and O–H groups in total. The van der Waals surface area contributed by atoms with E-state index in [1.165, 1.54) is 12.1 Å². The van der Waals surface area contributed by atoms with E-state index >= 15 is 0 Å². The van der Waals surface area contributed by atoms with Gasteiger partial charge in [-0.1, -0.05) is 29.3 Å². The van der Waals surface area contributed by atoms with Crippen molar-refractivity contribution in [1.29, 1.82) is 0 Å². The molecule has 0 aliphatic carbocycles. The van der Waals surface area contributed by atoms with Crippen LogP contribution < -0.4 is 4.74 Å². The van der Waals surface area contributed by atoms with E-state index in [1.807, 2.05) is 0 Å². The van der Waals surface area contributed by atoms with Gasteiger partial charge >= 0.3 is 0 Å². The Morgan fingerprint density at radius 2 is 1.61 bits per heavy atom. The summed E-state index contributed by atoms with van der Waals surface area (Å²) >= 11 is 11.8. The van der Waals surface area contributed by atoms with Gasteiger partial charge in [0.1, 0.15) is 17.3 Å². The van der Waals surface area contributed by atoms with Crippen LogP contribution in [0.5, 0.6) is 11.5 Å². The summed E-state index contributed by atoms with van der Waals surface area (Å²) in [4.78, 5) is 0. The van der Waals surface area contributed by atoms with Crippen LogP contribution in [0, 0.1) is 5.82 Å². The minimum absolute atomic E-state index is 0.0999. The average molecular weight is 287 g/mol. The number of hydrogen-bond acceptors (Lipinski definition) is 2. The van der Waals surface area contributed by atoms with Crippen molar-refractivity contribution in [3.05, 3.63) is 57.8 Å². The molecule has 0 saturated carbocycles. The molecule has 0 aliphatic rings. The van der Waals surface area contributed by atoms with Gasteiger partial charge in [-0.2, -0.15) is 0 Å². The number of ether oxygens (including phenoxy) is 1. The Morgan fingerprint density at radius 3 is 2.17 bits per heavy atom. The molecule has 0 saturated heterocycles. The molecule has 2 aromatic rings. The largest absolute Gasteiger partial charge is 0.454 e. The first-order valence-corrected chi connectivity index (χ1v) is 5.88. The standard InChI is InChI=1S/C13H9Cl2FO2/c14-10-5-8(7-17)1-3-12(10)18-13-4-2-9(16)6-11(13)15/h1-6,17H,7H2. The fourth-order valence-corrected chi connectivity index (χ4v) is 1.85. The molecule has 0 aliphatic heterocycles. The molecule has 18 heavy (non-hydrogen) atoms. The first-order chi connectivity index (χ1) is 8.60. The molecule has 2 rings (SSSR count). The van der Waals surface area contributed by atoms with Gasteiger partial charge in [0.25, 0.3) is 0 Å². The fourth-order valence-electron chi connectivity index (χ4n) is 1.40. The van der Waals surface area contributed by atoms with E-state index in [0.29, 0.717) is 22.1 Å². The first-order valence-electron chi connectivity index (χ1n) is 5.12. The summed E-state index contributed by atoms with van der Waals surface area (Å²) in [6.45, 7) is -0.0999. The van der Waals surface area contributed by atoms with E-state index in [2.05, 4.69) is 0 Å². The van der Waals surface area contributed by atoms with Gasteiger partial charge in [0.05, 0.1) is 16.7 Å². The molecule has 0 heterocycles. The molecule has 2 nitrogen and oxygen atoms in total. The van der Waals surface area contributed by atoms with Crippen molar-refractivity contribution in [2.24, 2.45) is 0 Å². The summed E-state index contributed by atoms with van der Waals surface area (Å²) in [5.74, 6) is 0.271. The van der Waals surface area contributed by atoms with Crippen molar-refractivity contribution in [2.45, 2.75) is 6.61 Å². The second kappa shape index (κ2) is 5.57. The smallest absolute Gasteiger partial charge is 0.146 e. The highest BCUT2D eigenvalue weighted by molar-refractivity contribution is 6.32. The highest BCUT2D eigenvalue weighted by atomic mass is 35.5. The molecule has 0 radical (unpaired) electrons. The lowest BCUT2D eigenvalue weighted by atomic mass is 10.2. The number of aliphatic hydroxyl groups is 1. The van der Waals surface area contributed by atoms with Crippen molar-refractivity contribution < 1.29 is 14.2 Å². The summed E-state index contributed by atoms with van der Waals surface area (Å²) in [5.41, 5.74) is 0.678. The highest BCUT2D eigenvalue weighted by Gasteiger charge is 2.08. The van der Waals surface area contributed by atoms with Crippen LogP contribution in [0.3, 0.4) is 0 Å². The van der Waals surface area contributed by atoms with Crippen LogP contribution in [0.2, 0.25) is 10.0 Å². The summed E-state index contributed by atoms with van der Waals surface area (Å²) in [6, 6.07) is 8.72. The van der Waals surface area contributed by atoms with Crippen LogP contribution in [0.1, 0.15) is 5.56 Å². The van der Waals surface area contributed by atoms with E-state index in [-0.39, 0.29) is 11.6 Å². The second-order valence-corrected chi connectivity index (χ2v) is 4.41. The third kappa shape index (κ3) is 2.93. The van der Waals surface area contributed by atoms with E-state index in [0.717, 1.165) is 6.07 Å². The maximum atomic E-state index is 12.9. The fraction of sp³-hybridized carbons (Fsp3) is 0.0769. The Bertz CT molecular complexity index is 573. The molecule has 5 heteroatoms. The maximum absolute atomic E-state index is 12.9. The molecule has 0 atom stereocenters. The minimum Gasteiger partial charge on any atom is -0.454 e. The molecule has 0 aromatic heterocycles. The molecule has 0 fully saturated rings. The molecular formula is C13H9Cl2FO2. The normalized spacial score (nSPS) is 10.4. The van der Waals surface area contributed by atoms with Crippen LogP contribution >= 0.6 is 23.2 Å². The molecule has 0 spiro atoms. The van der Waals surface area contributed by atoms with Gasteiger partial charge in [-0.15, -0.1) is 0 Å². The summed E-state index contributed by atoms with van der Waals surface area (Å²) in [6.07, 6.45) is 0. The zero-order chi connectivity index (χ0) is 13.1. The Balaban J connectivity index is 2.28. The zero-order valence-electron chi connectivity index (χ0n) is 9.16. The molecular weight excluding hydrogens is 278 g/mol. The maximum Gasteiger partial charge on any atom is 0.146 e. The molecule has 0 unspecified atom stereocenters. The third-order valence-corrected chi connectivity index (χ3v) is 2.88. The Morgan fingerprint density at radius 1 is 1.00 bits per heavy atom. The SMILES string of the molecule is OCc1ccc(Oc2ccc(F)cc2Cl)c(Cl)c1. The van der Waals surface area contributed by atoms with E-state index in [4.69, 9.17) is 33.0 Å². The number of benzene rings is 2. The molecule has 94 valence electrons. The Labute approximate surface area is 114 Å². The van der Waals surface area contributed by atoms with Gasteiger partial charge < -0.3 is 9.84 Å². The van der Waals surface area contributed by atoms with Crippen molar-refractivity contribution in [3.8, 4) is 11.5 Å². The molecule has 0 bridgehead atoms. The number of halogens is 3. The third-order valence-electron chi connectivity index (χ3n) is 2.29. The van der Waals surface area contributed by atoms with E-state index in [1.54, 1.807) is 18.2 Å². The van der Waals surface area contributed by atoms with E-state index < -0.39 is 5.82 Å². The number of rotatable bonds is 3. The van der Waals surface area contributed by atoms with Gasteiger partial charge in [-0.25, -0.2) is 4.39 Å². The summed E-state index contributed by atoms with van der Waals surface area (Å²) < 4.78 is 18.4. The molecule has 0 amide bonds. The highest BCUT2D eigenvalue weighted by Crippen LogP contribution is 2.34. The predicted molar refractivity (Wildman–Crippen MR) is 68.9 cm³/mol. The van der Waals surface area contributed by atoms with Gasteiger partial charge in [0, 0.05) is 0 Å². The molecule has 2 aromatic carbocycles. The van der Waals surface area contributed by atoms with Crippen molar-refractivity contribution >= 4 is 23.2 Å². The number of hydrogen-bond donors (Lipinski definition) is 1. The topological polar surface area (TPSA) is 29.5 Å². The van der Waals surface area contributed by atoms with Crippen molar-refractivity contribution in [2.75, 3.05) is 0 Å². The van der Waals surface area contributed by atoms with Crippen LogP contribution in [0.15, 0.2) is 36.4 Å². The van der Waals surface area contributed by atoms with Crippen LogP contribution in [-0.2, 0) is 6.61 Å². The average Bonchev–Trinajstić information content (AvgIpc) is 2.34. The van der Waals surface area contributed by atoms with Crippen molar-refractivity contribution in [3.63, 3.8) is 0 Å². The number of aliphatic hydroxyl groups excluding tert-OH is 1. The van der Waals surface area contributed by atoms with Gasteiger partial charge in [0.2, 0.25) is 0 Å². The van der Waals surface area contributed by atoms with Crippen LogP contribution in [-0.4, -0.2) is 5.11 Å². The second-order valence-electron chi connectivity index (χ2n) is 3.60. The lowest BCUT2D eigenvalue weighted by Crippen LogP contribution is -1.89. The van der Waals surface area contributed by atoms with E-state index in [9.17, 15) is 4.39 Å². The first kappa shape index (κ1) is 13.1. The zero-order valence-corrected chi connectivity index (χ0v) is 10.7. The Kier molecular flexibility index (Phi) is 4.07. The van der Waals surface area contributed by atoms with Crippen LogP contribution in [0.25, 0.3) is 0 Å². The Hall–Kier alpha value is -1.29. The van der Waals surface area contributed by atoms with Gasteiger partial charge in [-0.05, 0) is 35.9 Å². The summed E-state index contributed by atoms with van der Waals surface area (Å²) in [7, 11) is 0. The lowest BCUT2D eigenvalue weighted by molar-refractivity contribution is 0.281. The van der Waals surface area contributed by atoms with Gasteiger partial charge in [-0.3, -0.25) is 0 Å². The predicted octanol–water partition coefficient (Wildman–Crippen LogP) is 4.42. The quantitative estimate of drug-likeness (QED) is 0.905. The summed E-state index contributed by atoms with van der Waals surface area (Å²) in [5, 5.41) is 9.47. The lowest BCUT2D eigenvalue weighted by Gasteiger charge is -2.09. The van der Waals surface area contributed by atoms with Crippen molar-refractivity contribution in [1.82, 2.24) is 0 Å². The van der Waals surface area contributed by atoms with Crippen LogP contribution in [0.4, 0.5) is 4.39 Å².